The lowest BCUT2D eigenvalue weighted by Crippen LogP contribution is -2.38. The third kappa shape index (κ3) is 2.19. The molecule has 1 amide bonds. The number of benzene rings is 1. The number of aromatic nitrogens is 2. The van der Waals surface area contributed by atoms with Crippen LogP contribution in [0.1, 0.15) is 16.2 Å². The molecule has 2 heterocycles. The third-order valence-corrected chi connectivity index (χ3v) is 3.35. The van der Waals surface area contributed by atoms with Gasteiger partial charge in [0.15, 0.2) is 0 Å². The van der Waals surface area contributed by atoms with Crippen LogP contribution in [0.15, 0.2) is 36.7 Å². The second-order valence-electron chi connectivity index (χ2n) is 4.50. The molecule has 5 heteroatoms. The summed E-state index contributed by atoms with van der Waals surface area (Å²) in [5.41, 5.74) is 0.652. The molecule has 1 aliphatic heterocycles. The van der Waals surface area contributed by atoms with E-state index < -0.39 is 0 Å². The largest absolute Gasteiger partial charge is 0.497 e. The van der Waals surface area contributed by atoms with Gasteiger partial charge in [0.05, 0.1) is 13.7 Å². The van der Waals surface area contributed by atoms with Crippen molar-refractivity contribution in [2.75, 3.05) is 13.7 Å². The first-order chi connectivity index (χ1) is 9.28. The first-order valence-corrected chi connectivity index (χ1v) is 6.21. The van der Waals surface area contributed by atoms with E-state index in [0.717, 1.165) is 12.4 Å². The van der Waals surface area contributed by atoms with Gasteiger partial charge in [0, 0.05) is 31.0 Å². The van der Waals surface area contributed by atoms with Gasteiger partial charge in [-0.3, -0.25) is 4.79 Å². The highest BCUT2D eigenvalue weighted by Gasteiger charge is 2.22. The van der Waals surface area contributed by atoms with Crippen LogP contribution in [0.2, 0.25) is 0 Å². The molecule has 0 bridgehead atoms. The molecule has 0 N–H and O–H groups in total. The Kier molecular flexibility index (Phi) is 2.95. The summed E-state index contributed by atoms with van der Waals surface area (Å²) in [5.74, 6) is 1.65. The molecule has 0 radical (unpaired) electrons. The molecule has 1 aromatic carbocycles. The van der Waals surface area contributed by atoms with Crippen molar-refractivity contribution < 1.29 is 9.53 Å². The molecule has 98 valence electrons. The third-order valence-electron chi connectivity index (χ3n) is 3.35. The number of carbonyl (C=O) groups excluding carboxylic acids is 1. The Morgan fingerprint density at radius 3 is 3.11 bits per heavy atom. The van der Waals surface area contributed by atoms with E-state index in [9.17, 15) is 4.79 Å². The van der Waals surface area contributed by atoms with Gasteiger partial charge in [-0.15, -0.1) is 0 Å². The van der Waals surface area contributed by atoms with Crippen molar-refractivity contribution in [3.63, 3.8) is 0 Å². The van der Waals surface area contributed by atoms with Crippen molar-refractivity contribution in [2.24, 2.45) is 0 Å². The molecule has 0 atom stereocenters. The Bertz CT molecular complexity index is 606. The number of amides is 1. The number of nitrogens with zero attached hydrogens (tertiary/aromatic N) is 3. The zero-order valence-corrected chi connectivity index (χ0v) is 10.7. The molecule has 1 aromatic heterocycles. The first kappa shape index (κ1) is 11.8. The quantitative estimate of drug-likeness (QED) is 0.820. The molecular weight excluding hydrogens is 242 g/mol. The summed E-state index contributed by atoms with van der Waals surface area (Å²) in [6.45, 7) is 2.06. The Balaban J connectivity index is 1.81. The maximum Gasteiger partial charge on any atom is 0.254 e. The molecular formula is C14H15N3O2. The lowest BCUT2D eigenvalue weighted by atomic mass is 10.1. The van der Waals surface area contributed by atoms with Crippen LogP contribution in [0, 0.1) is 0 Å². The minimum atomic E-state index is 0.0214. The highest BCUT2D eigenvalue weighted by atomic mass is 16.5. The lowest BCUT2D eigenvalue weighted by Gasteiger charge is -2.27. The molecule has 0 fully saturated rings. The lowest BCUT2D eigenvalue weighted by molar-refractivity contribution is 0.0707. The topological polar surface area (TPSA) is 47.4 Å². The van der Waals surface area contributed by atoms with Gasteiger partial charge in [-0.2, -0.15) is 0 Å². The van der Waals surface area contributed by atoms with Crippen LogP contribution in [0.25, 0.3) is 0 Å². The standard InChI is InChI=1S/C14H15N3O2/c1-19-12-4-2-3-11(9-12)14(18)17-8-7-16-6-5-15-13(16)10-17/h2-6,9H,7-8,10H2,1H3. The fourth-order valence-electron chi connectivity index (χ4n) is 2.29. The number of ether oxygens (including phenoxy) is 1. The smallest absolute Gasteiger partial charge is 0.254 e. The minimum Gasteiger partial charge on any atom is -0.497 e. The van der Waals surface area contributed by atoms with Crippen LogP contribution in [-0.2, 0) is 13.1 Å². The Morgan fingerprint density at radius 2 is 2.26 bits per heavy atom. The van der Waals surface area contributed by atoms with Crippen molar-refractivity contribution in [2.45, 2.75) is 13.1 Å². The number of fused-ring (bicyclic) bond motifs is 1. The van der Waals surface area contributed by atoms with E-state index in [1.165, 1.54) is 0 Å². The maximum absolute atomic E-state index is 12.4. The molecule has 2 aromatic rings. The number of hydrogen-bond donors (Lipinski definition) is 0. The van der Waals surface area contributed by atoms with E-state index in [-0.39, 0.29) is 5.91 Å². The molecule has 0 aliphatic carbocycles. The summed E-state index contributed by atoms with van der Waals surface area (Å²) in [7, 11) is 1.60. The second-order valence-corrected chi connectivity index (χ2v) is 4.50. The number of methoxy groups -OCH3 is 1. The van der Waals surface area contributed by atoms with Gasteiger partial charge in [0.1, 0.15) is 11.6 Å². The van der Waals surface area contributed by atoms with Crippen molar-refractivity contribution in [1.82, 2.24) is 14.5 Å². The summed E-state index contributed by atoms with van der Waals surface area (Å²) in [6.07, 6.45) is 3.72. The predicted molar refractivity (Wildman–Crippen MR) is 70.0 cm³/mol. The average Bonchev–Trinajstić information content (AvgIpc) is 2.94. The van der Waals surface area contributed by atoms with E-state index in [2.05, 4.69) is 9.55 Å². The minimum absolute atomic E-state index is 0.0214. The molecule has 0 saturated heterocycles. The second kappa shape index (κ2) is 4.76. The van der Waals surface area contributed by atoms with Crippen LogP contribution in [-0.4, -0.2) is 34.0 Å². The van der Waals surface area contributed by atoms with Gasteiger partial charge in [0.2, 0.25) is 0 Å². The number of hydrogen-bond acceptors (Lipinski definition) is 3. The van der Waals surface area contributed by atoms with E-state index >= 15 is 0 Å². The van der Waals surface area contributed by atoms with Crippen LogP contribution in [0.5, 0.6) is 5.75 Å². The summed E-state index contributed by atoms with van der Waals surface area (Å²) in [4.78, 5) is 18.5. The maximum atomic E-state index is 12.4. The molecule has 1 aliphatic rings. The molecule has 19 heavy (non-hydrogen) atoms. The summed E-state index contributed by atoms with van der Waals surface area (Å²) in [6, 6.07) is 7.24. The van der Waals surface area contributed by atoms with Gasteiger partial charge >= 0.3 is 0 Å². The molecule has 3 rings (SSSR count). The summed E-state index contributed by atoms with van der Waals surface area (Å²) >= 11 is 0. The predicted octanol–water partition coefficient (Wildman–Crippen LogP) is 1.55. The van der Waals surface area contributed by atoms with E-state index in [4.69, 9.17) is 4.74 Å². The van der Waals surface area contributed by atoms with Crippen LogP contribution in [0.3, 0.4) is 0 Å². The van der Waals surface area contributed by atoms with Crippen molar-refractivity contribution in [1.29, 1.82) is 0 Å². The fourth-order valence-corrected chi connectivity index (χ4v) is 2.29. The number of carbonyl (C=O) groups is 1. The average molecular weight is 257 g/mol. The molecule has 0 spiro atoms. The SMILES string of the molecule is COc1cccc(C(=O)N2CCn3ccnc3C2)c1. The van der Waals surface area contributed by atoms with Crippen molar-refractivity contribution in [3.05, 3.63) is 48.0 Å². The Hall–Kier alpha value is -2.30. The van der Waals surface area contributed by atoms with E-state index in [1.807, 2.05) is 29.3 Å². The highest BCUT2D eigenvalue weighted by Crippen LogP contribution is 2.17. The molecule has 5 nitrogen and oxygen atoms in total. The van der Waals surface area contributed by atoms with Gasteiger partial charge in [-0.1, -0.05) is 6.07 Å². The first-order valence-electron chi connectivity index (χ1n) is 6.21. The van der Waals surface area contributed by atoms with Gasteiger partial charge in [-0.05, 0) is 18.2 Å². The highest BCUT2D eigenvalue weighted by molar-refractivity contribution is 5.94. The van der Waals surface area contributed by atoms with Crippen molar-refractivity contribution >= 4 is 5.91 Å². The normalized spacial score (nSPS) is 14.1. The van der Waals surface area contributed by atoms with Gasteiger partial charge in [0.25, 0.3) is 5.91 Å². The van der Waals surface area contributed by atoms with Gasteiger partial charge < -0.3 is 14.2 Å². The van der Waals surface area contributed by atoms with Crippen molar-refractivity contribution in [3.8, 4) is 5.75 Å². The van der Waals surface area contributed by atoms with Crippen LogP contribution >= 0.6 is 0 Å². The fraction of sp³-hybridized carbons (Fsp3) is 0.286. The van der Waals surface area contributed by atoms with E-state index in [0.29, 0.717) is 24.4 Å². The Labute approximate surface area is 111 Å². The zero-order chi connectivity index (χ0) is 13.2. The monoisotopic (exact) mass is 257 g/mol. The zero-order valence-electron chi connectivity index (χ0n) is 10.7. The molecule has 0 saturated carbocycles. The number of rotatable bonds is 2. The summed E-state index contributed by atoms with van der Waals surface area (Å²) < 4.78 is 7.23. The van der Waals surface area contributed by atoms with Crippen LogP contribution < -0.4 is 4.74 Å². The van der Waals surface area contributed by atoms with Gasteiger partial charge in [-0.25, -0.2) is 4.98 Å². The number of imidazole rings is 1. The Morgan fingerprint density at radius 1 is 1.37 bits per heavy atom. The summed E-state index contributed by atoms with van der Waals surface area (Å²) in [5, 5.41) is 0. The van der Waals surface area contributed by atoms with Crippen LogP contribution in [0.4, 0.5) is 0 Å². The molecule has 0 unspecified atom stereocenters. The van der Waals surface area contributed by atoms with E-state index in [1.54, 1.807) is 19.4 Å².